The SMILES string of the molecule is Nc1cc(CC23CCC(CC2)C3)ccc1O. The van der Waals surface area contributed by atoms with Crippen LogP contribution in [0.3, 0.4) is 0 Å². The highest BCUT2D eigenvalue weighted by molar-refractivity contribution is 5.53. The molecule has 0 spiro atoms. The molecule has 2 heteroatoms. The third-order valence-electron chi connectivity index (χ3n) is 4.56. The normalized spacial score (nSPS) is 32.1. The summed E-state index contributed by atoms with van der Waals surface area (Å²) in [5.41, 5.74) is 8.11. The van der Waals surface area contributed by atoms with Crippen molar-refractivity contribution in [3.63, 3.8) is 0 Å². The number of phenols is 1. The first kappa shape index (κ1) is 10.0. The van der Waals surface area contributed by atoms with Gasteiger partial charge in [-0.15, -0.1) is 0 Å². The smallest absolute Gasteiger partial charge is 0.138 e. The molecule has 16 heavy (non-hydrogen) atoms. The van der Waals surface area contributed by atoms with Crippen LogP contribution in [0.2, 0.25) is 0 Å². The Hall–Kier alpha value is -1.18. The van der Waals surface area contributed by atoms with Gasteiger partial charge in [-0.05, 0) is 67.6 Å². The van der Waals surface area contributed by atoms with Gasteiger partial charge in [-0.25, -0.2) is 0 Å². The average Bonchev–Trinajstić information content (AvgIpc) is 2.83. The maximum Gasteiger partial charge on any atom is 0.138 e. The largest absolute Gasteiger partial charge is 0.506 e. The second-order valence-corrected chi connectivity index (χ2v) is 5.72. The molecular formula is C14H19NO. The van der Waals surface area contributed by atoms with Crippen molar-refractivity contribution in [2.24, 2.45) is 11.3 Å². The van der Waals surface area contributed by atoms with E-state index in [-0.39, 0.29) is 5.75 Å². The zero-order valence-electron chi connectivity index (χ0n) is 9.58. The maximum atomic E-state index is 9.41. The number of nitrogens with two attached hydrogens (primary N) is 1. The van der Waals surface area contributed by atoms with Crippen LogP contribution in [0.15, 0.2) is 18.2 Å². The Bertz CT molecular complexity index is 405. The molecular weight excluding hydrogens is 198 g/mol. The summed E-state index contributed by atoms with van der Waals surface area (Å²) in [6.45, 7) is 0. The number of fused-ring (bicyclic) bond motifs is 2. The summed E-state index contributed by atoms with van der Waals surface area (Å²) >= 11 is 0. The van der Waals surface area contributed by atoms with Gasteiger partial charge in [0.1, 0.15) is 5.75 Å². The van der Waals surface area contributed by atoms with E-state index in [1.165, 1.54) is 37.7 Å². The Morgan fingerprint density at radius 2 is 2.06 bits per heavy atom. The molecule has 86 valence electrons. The molecule has 0 atom stereocenters. The predicted octanol–water partition coefficient (Wildman–Crippen LogP) is 3.10. The Morgan fingerprint density at radius 3 is 2.62 bits per heavy atom. The van der Waals surface area contributed by atoms with E-state index in [4.69, 9.17) is 5.73 Å². The minimum Gasteiger partial charge on any atom is -0.506 e. The molecule has 2 aliphatic carbocycles. The van der Waals surface area contributed by atoms with Crippen LogP contribution in [0.4, 0.5) is 5.69 Å². The Balaban J connectivity index is 1.81. The number of anilines is 1. The lowest BCUT2D eigenvalue weighted by Crippen LogP contribution is -2.17. The first-order valence-electron chi connectivity index (χ1n) is 6.24. The number of benzene rings is 1. The fourth-order valence-electron chi connectivity index (χ4n) is 3.71. The molecule has 3 rings (SSSR count). The van der Waals surface area contributed by atoms with Crippen molar-refractivity contribution in [1.29, 1.82) is 0 Å². The molecule has 0 radical (unpaired) electrons. The summed E-state index contributed by atoms with van der Waals surface area (Å²) in [7, 11) is 0. The summed E-state index contributed by atoms with van der Waals surface area (Å²) in [6, 6.07) is 5.69. The van der Waals surface area contributed by atoms with E-state index in [1.54, 1.807) is 6.07 Å². The van der Waals surface area contributed by atoms with Crippen molar-refractivity contribution in [2.45, 2.75) is 38.5 Å². The van der Waals surface area contributed by atoms with Gasteiger partial charge in [-0.3, -0.25) is 0 Å². The third-order valence-corrected chi connectivity index (χ3v) is 4.56. The van der Waals surface area contributed by atoms with Gasteiger partial charge >= 0.3 is 0 Å². The third kappa shape index (κ3) is 1.57. The minimum absolute atomic E-state index is 0.206. The second-order valence-electron chi connectivity index (χ2n) is 5.72. The molecule has 1 aromatic rings. The summed E-state index contributed by atoms with van der Waals surface area (Å²) in [4.78, 5) is 0. The zero-order valence-corrected chi connectivity index (χ0v) is 9.58. The maximum absolute atomic E-state index is 9.41. The lowest BCUT2D eigenvalue weighted by molar-refractivity contribution is 0.293. The molecule has 0 amide bonds. The Labute approximate surface area is 96.5 Å². The number of phenolic OH excluding ortho intramolecular Hbond substituents is 1. The summed E-state index contributed by atoms with van der Waals surface area (Å²) in [5, 5.41) is 9.41. The van der Waals surface area contributed by atoms with Gasteiger partial charge in [0.25, 0.3) is 0 Å². The van der Waals surface area contributed by atoms with Crippen molar-refractivity contribution < 1.29 is 5.11 Å². The van der Waals surface area contributed by atoms with Crippen molar-refractivity contribution in [3.05, 3.63) is 23.8 Å². The van der Waals surface area contributed by atoms with E-state index in [0.29, 0.717) is 11.1 Å². The van der Waals surface area contributed by atoms with E-state index < -0.39 is 0 Å². The lowest BCUT2D eigenvalue weighted by Gasteiger charge is -2.26. The van der Waals surface area contributed by atoms with Gasteiger partial charge in [-0.2, -0.15) is 0 Å². The lowest BCUT2D eigenvalue weighted by atomic mass is 9.79. The van der Waals surface area contributed by atoms with E-state index in [2.05, 4.69) is 0 Å². The van der Waals surface area contributed by atoms with Gasteiger partial charge in [0.05, 0.1) is 5.69 Å². The molecule has 2 saturated carbocycles. The molecule has 0 aromatic heterocycles. The molecule has 0 aliphatic heterocycles. The number of nitrogen functional groups attached to an aromatic ring is 1. The Kier molecular flexibility index (Phi) is 2.13. The highest BCUT2D eigenvalue weighted by Gasteiger charge is 2.44. The van der Waals surface area contributed by atoms with E-state index in [1.807, 2.05) is 12.1 Å². The minimum atomic E-state index is 0.206. The van der Waals surface area contributed by atoms with E-state index >= 15 is 0 Å². The number of hydrogen-bond donors (Lipinski definition) is 2. The fourth-order valence-corrected chi connectivity index (χ4v) is 3.71. The predicted molar refractivity (Wildman–Crippen MR) is 65.2 cm³/mol. The van der Waals surface area contributed by atoms with Crippen LogP contribution in [-0.4, -0.2) is 5.11 Å². The van der Waals surface area contributed by atoms with Crippen LogP contribution in [0.25, 0.3) is 0 Å². The summed E-state index contributed by atoms with van der Waals surface area (Å²) in [5.74, 6) is 1.20. The van der Waals surface area contributed by atoms with Gasteiger partial charge in [0.15, 0.2) is 0 Å². The first-order chi connectivity index (χ1) is 7.67. The molecule has 3 N–H and O–H groups in total. The van der Waals surface area contributed by atoms with Crippen molar-refractivity contribution in [2.75, 3.05) is 5.73 Å². The van der Waals surface area contributed by atoms with Crippen LogP contribution in [0, 0.1) is 11.3 Å². The van der Waals surface area contributed by atoms with Crippen molar-refractivity contribution in [1.82, 2.24) is 0 Å². The quantitative estimate of drug-likeness (QED) is 0.590. The van der Waals surface area contributed by atoms with Gasteiger partial charge in [0, 0.05) is 0 Å². The fraction of sp³-hybridized carbons (Fsp3) is 0.571. The van der Waals surface area contributed by atoms with Gasteiger partial charge < -0.3 is 10.8 Å². The number of aromatic hydroxyl groups is 1. The average molecular weight is 217 g/mol. The van der Waals surface area contributed by atoms with Crippen LogP contribution in [-0.2, 0) is 6.42 Å². The van der Waals surface area contributed by atoms with Crippen LogP contribution in [0.1, 0.15) is 37.7 Å². The van der Waals surface area contributed by atoms with E-state index in [9.17, 15) is 5.11 Å². The molecule has 1 aromatic carbocycles. The van der Waals surface area contributed by atoms with Gasteiger partial charge in [0.2, 0.25) is 0 Å². The summed E-state index contributed by atoms with van der Waals surface area (Å²) in [6.07, 6.45) is 8.18. The molecule has 2 bridgehead atoms. The standard InChI is InChI=1S/C14H19NO/c15-12-7-11(1-2-13(12)16)9-14-5-3-10(8-14)4-6-14/h1-2,7,10,16H,3-6,8-9,15H2. The molecule has 0 unspecified atom stereocenters. The summed E-state index contributed by atoms with van der Waals surface area (Å²) < 4.78 is 0. The molecule has 2 fully saturated rings. The first-order valence-corrected chi connectivity index (χ1v) is 6.24. The molecule has 0 heterocycles. The van der Waals surface area contributed by atoms with Crippen LogP contribution >= 0.6 is 0 Å². The van der Waals surface area contributed by atoms with Crippen LogP contribution < -0.4 is 5.73 Å². The van der Waals surface area contributed by atoms with Crippen molar-refractivity contribution >= 4 is 5.69 Å². The zero-order chi connectivity index (χ0) is 11.2. The highest BCUT2D eigenvalue weighted by Crippen LogP contribution is 2.55. The topological polar surface area (TPSA) is 46.2 Å². The number of hydrogen-bond acceptors (Lipinski definition) is 2. The van der Waals surface area contributed by atoms with Crippen LogP contribution in [0.5, 0.6) is 5.75 Å². The molecule has 2 nitrogen and oxygen atoms in total. The van der Waals surface area contributed by atoms with E-state index in [0.717, 1.165) is 12.3 Å². The molecule has 2 aliphatic rings. The highest BCUT2D eigenvalue weighted by atomic mass is 16.3. The monoisotopic (exact) mass is 217 g/mol. The van der Waals surface area contributed by atoms with Crippen molar-refractivity contribution in [3.8, 4) is 5.75 Å². The molecule has 0 saturated heterocycles. The van der Waals surface area contributed by atoms with Gasteiger partial charge in [-0.1, -0.05) is 6.07 Å². The second kappa shape index (κ2) is 3.41. The Morgan fingerprint density at radius 1 is 1.31 bits per heavy atom. The number of rotatable bonds is 2.